The van der Waals surface area contributed by atoms with Crippen molar-refractivity contribution in [3.05, 3.63) is 46.8 Å². The van der Waals surface area contributed by atoms with E-state index in [2.05, 4.69) is 12.1 Å². The zero-order valence-corrected chi connectivity index (χ0v) is 11.8. The average Bonchev–Trinajstić information content (AvgIpc) is 2.96. The zero-order valence-electron chi connectivity index (χ0n) is 11.0. The molecule has 0 saturated heterocycles. The Bertz CT molecular complexity index is 810. The third kappa shape index (κ3) is 2.03. The van der Waals surface area contributed by atoms with Crippen LogP contribution in [0.4, 0.5) is 10.1 Å². The second-order valence-electron chi connectivity index (χ2n) is 4.68. The van der Waals surface area contributed by atoms with Crippen molar-refractivity contribution < 1.29 is 4.39 Å². The fourth-order valence-electron chi connectivity index (χ4n) is 2.59. The lowest BCUT2D eigenvalue weighted by Gasteiger charge is -2.14. The van der Waals surface area contributed by atoms with E-state index in [1.54, 1.807) is 23.9 Å². The first-order valence-electron chi connectivity index (χ1n) is 6.34. The standard InChI is InChI=1S/C16H10FN3S/c17-10-3-1-9(2-4-10)14-13(8-19)15(20)12(7-18)11-5-6-21-16(11)14/h1-4H,5-6,20H2. The highest BCUT2D eigenvalue weighted by atomic mass is 32.2. The highest BCUT2D eigenvalue weighted by Gasteiger charge is 2.26. The van der Waals surface area contributed by atoms with Crippen LogP contribution in [0.5, 0.6) is 0 Å². The van der Waals surface area contributed by atoms with Crippen LogP contribution in [0.1, 0.15) is 16.7 Å². The van der Waals surface area contributed by atoms with Gasteiger partial charge in [-0.3, -0.25) is 0 Å². The molecule has 0 bridgehead atoms. The Morgan fingerprint density at radius 3 is 2.38 bits per heavy atom. The Labute approximate surface area is 125 Å². The molecule has 2 N–H and O–H groups in total. The van der Waals surface area contributed by atoms with E-state index in [1.165, 1.54) is 12.1 Å². The maximum atomic E-state index is 13.1. The van der Waals surface area contributed by atoms with Crippen molar-refractivity contribution in [3.63, 3.8) is 0 Å². The fraction of sp³-hybridized carbons (Fsp3) is 0.125. The molecule has 0 unspecified atom stereocenters. The van der Waals surface area contributed by atoms with Crippen LogP contribution in [0.15, 0.2) is 29.2 Å². The SMILES string of the molecule is N#Cc1c(N)c(C#N)c(-c2ccc(F)cc2)c2c1CCS2. The van der Waals surface area contributed by atoms with Gasteiger partial charge in [-0.2, -0.15) is 10.5 Å². The predicted molar refractivity (Wildman–Crippen MR) is 80.1 cm³/mol. The van der Waals surface area contributed by atoms with Crippen LogP contribution in [0, 0.1) is 28.5 Å². The summed E-state index contributed by atoms with van der Waals surface area (Å²) < 4.78 is 13.1. The number of nitriles is 2. The molecule has 2 aromatic rings. The van der Waals surface area contributed by atoms with E-state index in [1.807, 2.05) is 0 Å². The summed E-state index contributed by atoms with van der Waals surface area (Å²) in [6, 6.07) is 10.2. The number of hydrogen-bond donors (Lipinski definition) is 1. The molecule has 0 amide bonds. The molecule has 2 aromatic carbocycles. The van der Waals surface area contributed by atoms with E-state index >= 15 is 0 Å². The first-order chi connectivity index (χ1) is 10.2. The van der Waals surface area contributed by atoms with Gasteiger partial charge in [-0.1, -0.05) is 12.1 Å². The molecule has 21 heavy (non-hydrogen) atoms. The van der Waals surface area contributed by atoms with E-state index in [4.69, 9.17) is 5.73 Å². The van der Waals surface area contributed by atoms with Gasteiger partial charge in [0.15, 0.2) is 0 Å². The van der Waals surface area contributed by atoms with Gasteiger partial charge in [-0.25, -0.2) is 4.39 Å². The summed E-state index contributed by atoms with van der Waals surface area (Å²) in [5.41, 5.74) is 9.30. The van der Waals surface area contributed by atoms with E-state index in [0.717, 1.165) is 28.2 Å². The number of halogens is 1. The van der Waals surface area contributed by atoms with E-state index in [9.17, 15) is 14.9 Å². The third-order valence-electron chi connectivity index (χ3n) is 3.55. The molecule has 3 rings (SSSR count). The lowest BCUT2D eigenvalue weighted by Crippen LogP contribution is -2.03. The molecule has 0 radical (unpaired) electrons. The third-order valence-corrected chi connectivity index (χ3v) is 4.69. The van der Waals surface area contributed by atoms with Crippen molar-refractivity contribution in [1.82, 2.24) is 0 Å². The number of rotatable bonds is 1. The largest absolute Gasteiger partial charge is 0.397 e. The lowest BCUT2D eigenvalue weighted by atomic mass is 9.91. The minimum Gasteiger partial charge on any atom is -0.397 e. The average molecular weight is 295 g/mol. The van der Waals surface area contributed by atoms with Crippen molar-refractivity contribution in [2.75, 3.05) is 11.5 Å². The van der Waals surface area contributed by atoms with Crippen LogP contribution in [0.25, 0.3) is 11.1 Å². The number of nitrogens with zero attached hydrogens (tertiary/aromatic N) is 2. The molecule has 0 saturated carbocycles. The van der Waals surface area contributed by atoms with E-state index in [0.29, 0.717) is 16.7 Å². The second kappa shape index (κ2) is 5.12. The van der Waals surface area contributed by atoms with Crippen molar-refractivity contribution in [2.24, 2.45) is 0 Å². The highest BCUT2D eigenvalue weighted by molar-refractivity contribution is 7.99. The molecule has 3 nitrogen and oxygen atoms in total. The Balaban J connectivity index is 2.38. The smallest absolute Gasteiger partial charge is 0.123 e. The fourth-order valence-corrected chi connectivity index (χ4v) is 3.84. The summed E-state index contributed by atoms with van der Waals surface area (Å²) in [4.78, 5) is 0.920. The minimum absolute atomic E-state index is 0.223. The lowest BCUT2D eigenvalue weighted by molar-refractivity contribution is 0.628. The van der Waals surface area contributed by atoms with Gasteiger partial charge in [0.2, 0.25) is 0 Å². The summed E-state index contributed by atoms with van der Waals surface area (Å²) in [7, 11) is 0. The number of benzene rings is 2. The van der Waals surface area contributed by atoms with Crippen molar-refractivity contribution in [3.8, 4) is 23.3 Å². The highest BCUT2D eigenvalue weighted by Crippen LogP contribution is 2.45. The Morgan fingerprint density at radius 1 is 1.10 bits per heavy atom. The molecule has 0 fully saturated rings. The van der Waals surface area contributed by atoms with E-state index < -0.39 is 0 Å². The van der Waals surface area contributed by atoms with Crippen LogP contribution in [-0.4, -0.2) is 5.75 Å². The summed E-state index contributed by atoms with van der Waals surface area (Å²) >= 11 is 1.61. The van der Waals surface area contributed by atoms with Crippen LogP contribution in [0.2, 0.25) is 0 Å². The number of hydrogen-bond acceptors (Lipinski definition) is 4. The number of thioether (sulfide) groups is 1. The van der Waals surface area contributed by atoms with Gasteiger partial charge in [0.05, 0.1) is 16.8 Å². The molecule has 5 heteroatoms. The van der Waals surface area contributed by atoms with Gasteiger partial charge < -0.3 is 5.73 Å². The van der Waals surface area contributed by atoms with Crippen LogP contribution in [-0.2, 0) is 6.42 Å². The Kier molecular flexibility index (Phi) is 3.29. The molecular weight excluding hydrogens is 285 g/mol. The monoisotopic (exact) mass is 295 g/mol. The van der Waals surface area contributed by atoms with Crippen molar-refractivity contribution in [1.29, 1.82) is 10.5 Å². The minimum atomic E-state index is -0.330. The quantitative estimate of drug-likeness (QED) is 0.817. The molecule has 1 heterocycles. The van der Waals surface area contributed by atoms with Gasteiger partial charge in [-0.15, -0.1) is 11.8 Å². The molecule has 0 spiro atoms. The maximum Gasteiger partial charge on any atom is 0.123 e. The van der Waals surface area contributed by atoms with Gasteiger partial charge in [0.25, 0.3) is 0 Å². The number of nitrogen functional groups attached to an aromatic ring is 1. The van der Waals surface area contributed by atoms with Crippen molar-refractivity contribution >= 4 is 17.4 Å². The van der Waals surface area contributed by atoms with Gasteiger partial charge >= 0.3 is 0 Å². The summed E-state index contributed by atoms with van der Waals surface area (Å²) in [5, 5.41) is 18.7. The maximum absolute atomic E-state index is 13.1. The molecule has 102 valence electrons. The summed E-state index contributed by atoms with van der Waals surface area (Å²) in [6.45, 7) is 0. The topological polar surface area (TPSA) is 73.6 Å². The first-order valence-corrected chi connectivity index (χ1v) is 7.33. The molecule has 1 aliphatic heterocycles. The second-order valence-corrected chi connectivity index (χ2v) is 5.78. The summed E-state index contributed by atoms with van der Waals surface area (Å²) in [6.07, 6.45) is 0.757. The molecule has 0 aromatic heterocycles. The summed E-state index contributed by atoms with van der Waals surface area (Å²) in [5.74, 6) is 0.523. The Hall–Kier alpha value is -2.50. The van der Waals surface area contributed by atoms with Gasteiger partial charge in [0.1, 0.15) is 18.0 Å². The normalized spacial score (nSPS) is 12.5. The zero-order chi connectivity index (χ0) is 15.0. The Morgan fingerprint density at radius 2 is 1.76 bits per heavy atom. The van der Waals surface area contributed by atoms with Gasteiger partial charge in [0, 0.05) is 16.2 Å². The predicted octanol–water partition coefficient (Wildman–Crippen LogP) is 3.47. The number of fused-ring (bicyclic) bond motifs is 1. The molecule has 1 aliphatic rings. The van der Waals surface area contributed by atoms with Gasteiger partial charge in [-0.05, 0) is 29.7 Å². The molecule has 0 atom stereocenters. The van der Waals surface area contributed by atoms with Crippen molar-refractivity contribution in [2.45, 2.75) is 11.3 Å². The number of nitrogens with two attached hydrogens (primary N) is 1. The van der Waals surface area contributed by atoms with Crippen LogP contribution < -0.4 is 5.73 Å². The number of anilines is 1. The van der Waals surface area contributed by atoms with Crippen LogP contribution in [0.3, 0.4) is 0 Å². The van der Waals surface area contributed by atoms with E-state index in [-0.39, 0.29) is 11.5 Å². The first kappa shape index (κ1) is 13.5. The molecule has 0 aliphatic carbocycles. The van der Waals surface area contributed by atoms with Crippen LogP contribution >= 0.6 is 11.8 Å². The molecular formula is C16H10FN3S.